The first-order valence-corrected chi connectivity index (χ1v) is 8.97. The highest BCUT2D eigenvalue weighted by Gasteiger charge is 2.28. The van der Waals surface area contributed by atoms with Gasteiger partial charge in [-0.2, -0.15) is 0 Å². The van der Waals surface area contributed by atoms with Crippen LogP contribution in [0.1, 0.15) is 29.8 Å². The molecule has 0 unspecified atom stereocenters. The van der Waals surface area contributed by atoms with E-state index in [-0.39, 0.29) is 0 Å². The van der Waals surface area contributed by atoms with E-state index in [0.717, 1.165) is 24.6 Å². The molecule has 1 aromatic rings. The summed E-state index contributed by atoms with van der Waals surface area (Å²) in [6.07, 6.45) is 0.974. The fourth-order valence-electron chi connectivity index (χ4n) is 2.18. The van der Waals surface area contributed by atoms with Gasteiger partial charge in [0, 0.05) is 7.11 Å². The van der Waals surface area contributed by atoms with Crippen molar-refractivity contribution in [3.05, 3.63) is 35.4 Å². The van der Waals surface area contributed by atoms with Crippen LogP contribution in [-0.4, -0.2) is 26.5 Å². The van der Waals surface area contributed by atoms with Gasteiger partial charge in [0.15, 0.2) is 8.32 Å². The average Bonchev–Trinajstić information content (AvgIpc) is 2.41. The van der Waals surface area contributed by atoms with Crippen LogP contribution < -0.4 is 0 Å². The first kappa shape index (κ1) is 14.9. The van der Waals surface area contributed by atoms with Gasteiger partial charge in [0.05, 0.1) is 5.56 Å². The summed E-state index contributed by atoms with van der Waals surface area (Å²) in [6, 6.07) is 10.5. The second-order valence-corrected chi connectivity index (χ2v) is 9.28. The number of aryl methyl sites for hydroxylation is 1. The van der Waals surface area contributed by atoms with Crippen molar-refractivity contribution in [2.45, 2.75) is 38.4 Å². The summed E-state index contributed by atoms with van der Waals surface area (Å²) in [7, 11) is 0.274. The zero-order valence-corrected chi connectivity index (χ0v) is 12.4. The van der Waals surface area contributed by atoms with Gasteiger partial charge in [-0.1, -0.05) is 26.0 Å². The minimum atomic E-state index is -1.55. The summed E-state index contributed by atoms with van der Waals surface area (Å²) in [4.78, 5) is 10.8. The molecule has 0 saturated carbocycles. The average molecular weight is 266 g/mol. The molecule has 4 heteroatoms. The highest BCUT2D eigenvalue weighted by atomic mass is 28.4. The van der Waals surface area contributed by atoms with Crippen molar-refractivity contribution in [2.75, 3.05) is 7.11 Å². The summed E-state index contributed by atoms with van der Waals surface area (Å²) in [6.45, 7) is 4.40. The van der Waals surface area contributed by atoms with Crippen LogP contribution in [0.3, 0.4) is 0 Å². The van der Waals surface area contributed by atoms with E-state index in [4.69, 9.17) is 9.53 Å². The Balaban J connectivity index is 2.65. The molecule has 0 radical (unpaired) electrons. The third kappa shape index (κ3) is 3.68. The van der Waals surface area contributed by atoms with Crippen molar-refractivity contribution in [3.8, 4) is 0 Å². The molecule has 3 nitrogen and oxygen atoms in total. The minimum Gasteiger partial charge on any atom is -0.478 e. The highest BCUT2D eigenvalue weighted by Crippen LogP contribution is 2.23. The van der Waals surface area contributed by atoms with Gasteiger partial charge in [-0.25, -0.2) is 4.79 Å². The second kappa shape index (κ2) is 6.71. The third-order valence-corrected chi connectivity index (χ3v) is 8.40. The molecule has 0 spiro atoms. The van der Waals surface area contributed by atoms with Gasteiger partial charge in [0.2, 0.25) is 0 Å². The number of carbonyl (C=O) groups is 1. The van der Waals surface area contributed by atoms with E-state index in [1.54, 1.807) is 12.1 Å². The fourth-order valence-corrected chi connectivity index (χ4v) is 4.91. The Morgan fingerprint density at radius 3 is 2.17 bits per heavy atom. The number of benzene rings is 1. The van der Waals surface area contributed by atoms with E-state index in [0.29, 0.717) is 5.56 Å². The predicted octanol–water partition coefficient (Wildman–Crippen LogP) is 3.56. The summed E-state index contributed by atoms with van der Waals surface area (Å²) in [5, 5.41) is 8.84. The normalized spacial score (nSPS) is 11.5. The Kier molecular flexibility index (Phi) is 5.56. The first-order chi connectivity index (χ1) is 8.56. The standard InChI is InChI=1S/C14H22O3Si/c1-4-18(5-2,17-3)11-10-12-6-8-13(9-7-12)14(15)16/h6-9H,4-5,10-11H2,1-3H3,(H,15,16). The number of aromatic carboxylic acids is 1. The molecule has 0 atom stereocenters. The van der Waals surface area contributed by atoms with Crippen LogP contribution in [0.2, 0.25) is 18.1 Å². The Bertz CT molecular complexity index is 374. The lowest BCUT2D eigenvalue weighted by Crippen LogP contribution is -2.35. The maximum absolute atomic E-state index is 10.8. The van der Waals surface area contributed by atoms with Crippen LogP contribution in [-0.2, 0) is 10.8 Å². The second-order valence-electron chi connectivity index (χ2n) is 4.60. The van der Waals surface area contributed by atoms with E-state index in [1.165, 1.54) is 5.56 Å². The highest BCUT2D eigenvalue weighted by molar-refractivity contribution is 6.73. The van der Waals surface area contributed by atoms with Gasteiger partial charge in [-0.05, 0) is 42.2 Å². The molecule has 0 aliphatic rings. The molecule has 0 saturated heterocycles. The third-order valence-electron chi connectivity index (χ3n) is 3.79. The molecular formula is C14H22O3Si. The van der Waals surface area contributed by atoms with Crippen LogP contribution in [0.5, 0.6) is 0 Å². The number of carboxylic acid groups (broad SMARTS) is 1. The van der Waals surface area contributed by atoms with Crippen LogP contribution in [0, 0.1) is 0 Å². The molecule has 1 rings (SSSR count). The van der Waals surface area contributed by atoms with Crippen LogP contribution in [0.25, 0.3) is 0 Å². The lowest BCUT2D eigenvalue weighted by atomic mass is 10.1. The van der Waals surface area contributed by atoms with E-state index in [9.17, 15) is 4.79 Å². The van der Waals surface area contributed by atoms with Crippen molar-refractivity contribution in [1.82, 2.24) is 0 Å². The van der Waals surface area contributed by atoms with Crippen molar-refractivity contribution in [1.29, 1.82) is 0 Å². The van der Waals surface area contributed by atoms with E-state index in [2.05, 4.69) is 13.8 Å². The zero-order chi connectivity index (χ0) is 13.6. The molecule has 0 bridgehead atoms. The number of carboxylic acids is 1. The maximum atomic E-state index is 10.8. The van der Waals surface area contributed by atoms with E-state index < -0.39 is 14.3 Å². The molecule has 1 aromatic carbocycles. The van der Waals surface area contributed by atoms with Crippen LogP contribution >= 0.6 is 0 Å². The summed E-state index contributed by atoms with van der Waals surface area (Å²) in [5.74, 6) is -0.871. The Morgan fingerprint density at radius 1 is 1.22 bits per heavy atom. The van der Waals surface area contributed by atoms with Crippen molar-refractivity contribution < 1.29 is 14.3 Å². The lowest BCUT2D eigenvalue weighted by Gasteiger charge is -2.27. The lowest BCUT2D eigenvalue weighted by molar-refractivity contribution is 0.0697. The molecule has 0 amide bonds. The van der Waals surface area contributed by atoms with Crippen LogP contribution in [0.4, 0.5) is 0 Å². The quantitative estimate of drug-likeness (QED) is 0.768. The molecule has 0 fully saturated rings. The molecule has 0 aliphatic heterocycles. The molecule has 0 heterocycles. The Morgan fingerprint density at radius 2 is 1.78 bits per heavy atom. The molecular weight excluding hydrogens is 244 g/mol. The van der Waals surface area contributed by atoms with Gasteiger partial charge in [0.25, 0.3) is 0 Å². The van der Waals surface area contributed by atoms with E-state index >= 15 is 0 Å². The van der Waals surface area contributed by atoms with Crippen LogP contribution in [0.15, 0.2) is 24.3 Å². The largest absolute Gasteiger partial charge is 0.478 e. The minimum absolute atomic E-state index is 0.347. The number of rotatable bonds is 7. The summed E-state index contributed by atoms with van der Waals surface area (Å²) in [5.41, 5.74) is 1.54. The van der Waals surface area contributed by atoms with Crippen molar-refractivity contribution >= 4 is 14.3 Å². The fraction of sp³-hybridized carbons (Fsp3) is 0.500. The summed E-state index contributed by atoms with van der Waals surface area (Å²) >= 11 is 0. The molecule has 0 aliphatic carbocycles. The molecule has 18 heavy (non-hydrogen) atoms. The van der Waals surface area contributed by atoms with E-state index in [1.807, 2.05) is 19.2 Å². The molecule has 0 aromatic heterocycles. The number of hydrogen-bond acceptors (Lipinski definition) is 2. The molecule has 100 valence electrons. The first-order valence-electron chi connectivity index (χ1n) is 6.44. The zero-order valence-electron chi connectivity index (χ0n) is 11.4. The number of hydrogen-bond donors (Lipinski definition) is 1. The summed E-state index contributed by atoms with van der Waals surface area (Å²) < 4.78 is 5.76. The topological polar surface area (TPSA) is 46.5 Å². The predicted molar refractivity (Wildman–Crippen MR) is 75.6 cm³/mol. The van der Waals surface area contributed by atoms with Crippen molar-refractivity contribution in [2.24, 2.45) is 0 Å². The van der Waals surface area contributed by atoms with Gasteiger partial charge >= 0.3 is 5.97 Å². The van der Waals surface area contributed by atoms with Gasteiger partial charge in [-0.3, -0.25) is 0 Å². The SMILES string of the molecule is CC[Si](CC)(CCc1ccc(C(=O)O)cc1)OC. The molecule has 1 N–H and O–H groups in total. The monoisotopic (exact) mass is 266 g/mol. The smallest absolute Gasteiger partial charge is 0.335 e. The van der Waals surface area contributed by atoms with Gasteiger partial charge in [-0.15, -0.1) is 0 Å². The van der Waals surface area contributed by atoms with Gasteiger partial charge < -0.3 is 9.53 Å². The van der Waals surface area contributed by atoms with Gasteiger partial charge in [0.1, 0.15) is 0 Å². The maximum Gasteiger partial charge on any atom is 0.335 e. The Hall–Kier alpha value is -1.13. The Labute approximate surface area is 110 Å². The van der Waals surface area contributed by atoms with Crippen molar-refractivity contribution in [3.63, 3.8) is 0 Å².